The van der Waals surface area contributed by atoms with Crippen molar-refractivity contribution in [3.8, 4) is 0 Å². The largest absolute Gasteiger partial charge is 0.465 e. The van der Waals surface area contributed by atoms with E-state index in [0.717, 1.165) is 0 Å². The van der Waals surface area contributed by atoms with E-state index in [1.165, 1.54) is 7.11 Å². The van der Waals surface area contributed by atoms with Crippen molar-refractivity contribution in [1.29, 1.82) is 0 Å². The molecule has 3 heteroatoms. The Morgan fingerprint density at radius 3 is 2.36 bits per heavy atom. The van der Waals surface area contributed by atoms with Crippen molar-refractivity contribution in [3.63, 3.8) is 0 Å². The monoisotopic (exact) mass is 150 g/mol. The molecule has 0 aliphatic heterocycles. The molecule has 0 saturated carbocycles. The Hall–Kier alpha value is -1.51. The van der Waals surface area contributed by atoms with Crippen LogP contribution in [-0.2, 0) is 4.74 Å². The molecule has 0 saturated heterocycles. The summed E-state index contributed by atoms with van der Waals surface area (Å²) in [4.78, 5) is 10.8. The number of esters is 1. The van der Waals surface area contributed by atoms with Crippen molar-refractivity contribution < 1.29 is 9.53 Å². The molecule has 0 unspecified atom stereocenters. The van der Waals surface area contributed by atoms with Gasteiger partial charge >= 0.3 is 5.97 Å². The van der Waals surface area contributed by atoms with E-state index in [9.17, 15) is 4.79 Å². The highest BCUT2D eigenvalue weighted by atomic mass is 16.5. The summed E-state index contributed by atoms with van der Waals surface area (Å²) in [5.74, 6) is -0.370. The molecule has 1 aromatic carbocycles. The summed E-state index contributed by atoms with van der Waals surface area (Å²) in [5, 5.41) is 0. The molecule has 3 nitrogen and oxygen atoms in total. The minimum atomic E-state index is -0.370. The van der Waals surface area contributed by atoms with E-state index in [-0.39, 0.29) is 5.97 Å². The molecule has 0 aliphatic rings. The standard InChI is InChI=1S/C8H8NO2/c1-11-8(10)6-2-4-7(9)5-3-6/h2-5,9H,1H3. The van der Waals surface area contributed by atoms with Gasteiger partial charge in [-0.25, -0.2) is 4.79 Å². The van der Waals surface area contributed by atoms with Crippen LogP contribution in [0.3, 0.4) is 0 Å². The first-order chi connectivity index (χ1) is 5.24. The normalized spacial score (nSPS) is 9.18. The smallest absolute Gasteiger partial charge is 0.337 e. The zero-order chi connectivity index (χ0) is 8.27. The molecule has 0 aromatic heterocycles. The maximum absolute atomic E-state index is 10.8. The third-order valence-corrected chi connectivity index (χ3v) is 1.31. The molecule has 1 rings (SSSR count). The van der Waals surface area contributed by atoms with Crippen molar-refractivity contribution >= 4 is 11.7 Å². The Morgan fingerprint density at radius 1 is 1.36 bits per heavy atom. The number of hydrogen-bond acceptors (Lipinski definition) is 2. The molecule has 1 radical (unpaired) electrons. The van der Waals surface area contributed by atoms with Gasteiger partial charge in [-0.3, -0.25) is 0 Å². The van der Waals surface area contributed by atoms with Crippen LogP contribution in [0.15, 0.2) is 24.3 Å². The van der Waals surface area contributed by atoms with Crippen LogP contribution in [0, 0.1) is 0 Å². The molecular formula is C8H8NO2. The summed E-state index contributed by atoms with van der Waals surface area (Å²) in [7, 11) is 1.33. The maximum atomic E-state index is 10.8. The van der Waals surface area contributed by atoms with Gasteiger partial charge in [0.05, 0.1) is 18.4 Å². The Labute approximate surface area is 64.8 Å². The highest BCUT2D eigenvalue weighted by Gasteiger charge is 2.02. The van der Waals surface area contributed by atoms with Gasteiger partial charge in [-0.2, -0.15) is 0 Å². The average Bonchev–Trinajstić information content (AvgIpc) is 2.05. The van der Waals surface area contributed by atoms with E-state index >= 15 is 0 Å². The molecule has 0 heterocycles. The Bertz CT molecular complexity index is 253. The second kappa shape index (κ2) is 3.05. The lowest BCUT2D eigenvalue weighted by Gasteiger charge is -1.97. The molecule has 57 valence electrons. The van der Waals surface area contributed by atoms with Crippen LogP contribution in [-0.4, -0.2) is 13.1 Å². The van der Waals surface area contributed by atoms with Crippen LogP contribution in [0.5, 0.6) is 0 Å². The molecule has 11 heavy (non-hydrogen) atoms. The highest BCUT2D eigenvalue weighted by Crippen LogP contribution is 2.07. The molecule has 1 N–H and O–H groups in total. The fraction of sp³-hybridized carbons (Fsp3) is 0.125. The molecule has 0 spiro atoms. The SMILES string of the molecule is COC(=O)c1ccc([NH])cc1. The van der Waals surface area contributed by atoms with E-state index in [2.05, 4.69) is 4.74 Å². The first-order valence-corrected chi connectivity index (χ1v) is 3.14. The lowest BCUT2D eigenvalue weighted by Crippen LogP contribution is -1.99. The Morgan fingerprint density at radius 2 is 1.91 bits per heavy atom. The number of carbonyl (C=O) groups is 1. The zero-order valence-corrected chi connectivity index (χ0v) is 6.13. The van der Waals surface area contributed by atoms with Gasteiger partial charge in [0.15, 0.2) is 0 Å². The number of benzene rings is 1. The van der Waals surface area contributed by atoms with Gasteiger partial charge < -0.3 is 10.5 Å². The van der Waals surface area contributed by atoms with E-state index in [0.29, 0.717) is 11.3 Å². The summed E-state index contributed by atoms with van der Waals surface area (Å²) >= 11 is 0. The molecule has 0 bridgehead atoms. The number of methoxy groups -OCH3 is 1. The van der Waals surface area contributed by atoms with Gasteiger partial charge in [0.25, 0.3) is 0 Å². The molecule has 0 amide bonds. The minimum Gasteiger partial charge on any atom is -0.465 e. The summed E-state index contributed by atoms with van der Waals surface area (Å²) in [5.41, 5.74) is 8.00. The van der Waals surface area contributed by atoms with Crippen LogP contribution in [0.4, 0.5) is 5.69 Å². The van der Waals surface area contributed by atoms with Crippen LogP contribution in [0.1, 0.15) is 10.4 Å². The van der Waals surface area contributed by atoms with Crippen molar-refractivity contribution in [3.05, 3.63) is 29.8 Å². The second-order valence-electron chi connectivity index (χ2n) is 2.07. The van der Waals surface area contributed by atoms with Crippen molar-refractivity contribution in [2.75, 3.05) is 7.11 Å². The van der Waals surface area contributed by atoms with Crippen molar-refractivity contribution in [2.24, 2.45) is 0 Å². The van der Waals surface area contributed by atoms with Gasteiger partial charge in [-0.05, 0) is 24.3 Å². The van der Waals surface area contributed by atoms with Gasteiger partial charge in [0.2, 0.25) is 0 Å². The average molecular weight is 150 g/mol. The Balaban J connectivity index is 2.90. The molecule has 0 aliphatic carbocycles. The van der Waals surface area contributed by atoms with Gasteiger partial charge in [-0.15, -0.1) is 0 Å². The number of ether oxygens (including phenoxy) is 1. The highest BCUT2D eigenvalue weighted by molar-refractivity contribution is 5.89. The number of hydrogen-bond donors (Lipinski definition) is 0. The van der Waals surface area contributed by atoms with Crippen LogP contribution >= 0.6 is 0 Å². The predicted molar refractivity (Wildman–Crippen MR) is 40.5 cm³/mol. The summed E-state index contributed by atoms with van der Waals surface area (Å²) < 4.78 is 4.48. The van der Waals surface area contributed by atoms with E-state index < -0.39 is 0 Å². The third kappa shape index (κ3) is 1.70. The van der Waals surface area contributed by atoms with E-state index in [4.69, 9.17) is 5.73 Å². The van der Waals surface area contributed by atoms with Gasteiger partial charge in [0.1, 0.15) is 0 Å². The van der Waals surface area contributed by atoms with Crippen molar-refractivity contribution in [1.82, 2.24) is 5.73 Å². The predicted octanol–water partition coefficient (Wildman–Crippen LogP) is 1.39. The topological polar surface area (TPSA) is 50.1 Å². The lowest BCUT2D eigenvalue weighted by atomic mass is 10.2. The van der Waals surface area contributed by atoms with Crippen LogP contribution in [0.25, 0.3) is 0 Å². The lowest BCUT2D eigenvalue weighted by molar-refractivity contribution is 0.0601. The fourth-order valence-corrected chi connectivity index (χ4v) is 0.724. The summed E-state index contributed by atoms with van der Waals surface area (Å²) in [6.07, 6.45) is 0. The quantitative estimate of drug-likeness (QED) is 0.568. The second-order valence-corrected chi connectivity index (χ2v) is 2.07. The maximum Gasteiger partial charge on any atom is 0.337 e. The fourth-order valence-electron chi connectivity index (χ4n) is 0.724. The van der Waals surface area contributed by atoms with Crippen molar-refractivity contribution in [2.45, 2.75) is 0 Å². The van der Waals surface area contributed by atoms with Gasteiger partial charge in [0, 0.05) is 0 Å². The first kappa shape index (κ1) is 7.60. The Kier molecular flexibility index (Phi) is 2.11. The first-order valence-electron chi connectivity index (χ1n) is 3.14. The number of nitrogens with one attached hydrogen (secondary N) is 1. The zero-order valence-electron chi connectivity index (χ0n) is 6.13. The summed E-state index contributed by atoms with van der Waals surface area (Å²) in [6, 6.07) is 6.22. The van der Waals surface area contributed by atoms with E-state index in [1.807, 2.05) is 0 Å². The van der Waals surface area contributed by atoms with E-state index in [1.54, 1.807) is 24.3 Å². The number of rotatable bonds is 1. The van der Waals surface area contributed by atoms with Crippen LogP contribution in [0.2, 0.25) is 0 Å². The molecule has 0 atom stereocenters. The molecular weight excluding hydrogens is 142 g/mol. The minimum absolute atomic E-state index is 0.370. The van der Waals surface area contributed by atoms with Gasteiger partial charge in [-0.1, -0.05) is 0 Å². The molecule has 1 aromatic rings. The summed E-state index contributed by atoms with van der Waals surface area (Å²) in [6.45, 7) is 0. The number of carbonyl (C=O) groups excluding carboxylic acids is 1. The molecule has 0 fully saturated rings. The third-order valence-electron chi connectivity index (χ3n) is 1.31. The van der Waals surface area contributed by atoms with Crippen LogP contribution < -0.4 is 5.73 Å².